The molecule has 0 saturated carbocycles. The molecule has 4 heteroatoms. The summed E-state index contributed by atoms with van der Waals surface area (Å²) in [6.07, 6.45) is 1.51. The molecular formula is C12H7BrN2O. The summed E-state index contributed by atoms with van der Waals surface area (Å²) in [5.41, 5.74) is 1.64. The zero-order valence-electron chi connectivity index (χ0n) is 8.22. The fraction of sp³-hybridized carbons (Fsp3) is 0. The minimum Gasteiger partial charge on any atom is -0.454 e. The van der Waals surface area contributed by atoms with E-state index in [1.807, 2.05) is 36.4 Å². The van der Waals surface area contributed by atoms with Crippen LogP contribution in [0.5, 0.6) is 0 Å². The second-order valence-electron chi connectivity index (χ2n) is 3.37. The summed E-state index contributed by atoms with van der Waals surface area (Å²) in [5.74, 6) is 0.754. The third kappa shape index (κ3) is 1.61. The molecule has 0 spiro atoms. The number of nitrogens with zero attached hydrogens (tertiary/aromatic N) is 2. The molecule has 0 bridgehead atoms. The van der Waals surface area contributed by atoms with Crippen molar-refractivity contribution in [2.24, 2.45) is 0 Å². The third-order valence-corrected chi connectivity index (χ3v) is 2.75. The highest BCUT2D eigenvalue weighted by Crippen LogP contribution is 2.26. The van der Waals surface area contributed by atoms with Crippen LogP contribution in [0.3, 0.4) is 0 Å². The van der Waals surface area contributed by atoms with Crippen LogP contribution in [0.2, 0.25) is 0 Å². The second kappa shape index (κ2) is 3.72. The number of hydrogen-bond acceptors (Lipinski definition) is 3. The van der Waals surface area contributed by atoms with Gasteiger partial charge in [-0.25, -0.2) is 9.97 Å². The lowest BCUT2D eigenvalue weighted by molar-refractivity contribution is 0.628. The van der Waals surface area contributed by atoms with Crippen LogP contribution in [-0.2, 0) is 0 Å². The van der Waals surface area contributed by atoms with E-state index in [9.17, 15) is 0 Å². The number of fused-ring (bicyclic) bond motifs is 1. The lowest BCUT2D eigenvalue weighted by atomic mass is 10.2. The molecule has 78 valence electrons. The minimum atomic E-state index is 0.748. The number of benzene rings is 1. The smallest absolute Gasteiger partial charge is 0.153 e. The molecule has 3 aromatic rings. The third-order valence-electron chi connectivity index (χ3n) is 2.31. The largest absolute Gasteiger partial charge is 0.454 e. The Labute approximate surface area is 100 Å². The molecule has 0 fully saturated rings. The molecule has 0 aliphatic heterocycles. The second-order valence-corrected chi connectivity index (χ2v) is 4.19. The lowest BCUT2D eigenvalue weighted by Gasteiger charge is -1.94. The molecule has 0 aliphatic rings. The topological polar surface area (TPSA) is 38.9 Å². The summed E-state index contributed by atoms with van der Waals surface area (Å²) in [4.78, 5) is 8.15. The van der Waals surface area contributed by atoms with Gasteiger partial charge in [-0.1, -0.05) is 18.2 Å². The molecule has 0 aliphatic carbocycles. The Morgan fingerprint density at radius 2 is 1.94 bits per heavy atom. The van der Waals surface area contributed by atoms with E-state index in [0.717, 1.165) is 27.0 Å². The number of rotatable bonds is 1. The first-order chi connectivity index (χ1) is 7.83. The maximum atomic E-state index is 5.70. The standard InChI is InChI=1S/C12H7BrN2O/c13-12-6-9(14-7-15-12)11-5-8-3-1-2-4-10(8)16-11/h1-7H. The molecule has 0 radical (unpaired) electrons. The molecule has 0 amide bonds. The molecule has 3 rings (SSSR count). The molecule has 1 aromatic carbocycles. The van der Waals surface area contributed by atoms with Crippen molar-refractivity contribution in [1.29, 1.82) is 0 Å². The number of aromatic nitrogens is 2. The summed E-state index contributed by atoms with van der Waals surface area (Å²) in [6.45, 7) is 0. The first-order valence-electron chi connectivity index (χ1n) is 4.79. The van der Waals surface area contributed by atoms with E-state index in [-0.39, 0.29) is 0 Å². The Kier molecular flexibility index (Phi) is 2.22. The molecule has 0 unspecified atom stereocenters. The highest BCUT2D eigenvalue weighted by molar-refractivity contribution is 9.10. The van der Waals surface area contributed by atoms with Gasteiger partial charge in [0, 0.05) is 11.5 Å². The Morgan fingerprint density at radius 3 is 2.75 bits per heavy atom. The molecular weight excluding hydrogens is 268 g/mol. The van der Waals surface area contributed by atoms with E-state index in [4.69, 9.17) is 4.42 Å². The van der Waals surface area contributed by atoms with Gasteiger partial charge in [-0.2, -0.15) is 0 Å². The first-order valence-corrected chi connectivity index (χ1v) is 5.59. The lowest BCUT2D eigenvalue weighted by Crippen LogP contribution is -1.83. The summed E-state index contributed by atoms with van der Waals surface area (Å²) in [7, 11) is 0. The van der Waals surface area contributed by atoms with Gasteiger partial charge in [0.15, 0.2) is 5.76 Å². The Bertz CT molecular complexity index is 615. The van der Waals surface area contributed by atoms with Crippen molar-refractivity contribution in [3.63, 3.8) is 0 Å². The van der Waals surface area contributed by atoms with Gasteiger partial charge in [0.05, 0.1) is 0 Å². The molecule has 0 N–H and O–H groups in total. The fourth-order valence-corrected chi connectivity index (χ4v) is 1.88. The van der Waals surface area contributed by atoms with E-state index >= 15 is 0 Å². The Hall–Kier alpha value is -1.68. The SMILES string of the molecule is Brc1cc(-c2cc3ccccc3o2)ncn1. The van der Waals surface area contributed by atoms with Crippen molar-refractivity contribution in [3.8, 4) is 11.5 Å². The fourth-order valence-electron chi connectivity index (χ4n) is 1.58. The van der Waals surface area contributed by atoms with Crippen LogP contribution in [0.1, 0.15) is 0 Å². The van der Waals surface area contributed by atoms with E-state index in [1.54, 1.807) is 0 Å². The molecule has 2 aromatic heterocycles. The average molecular weight is 275 g/mol. The minimum absolute atomic E-state index is 0.748. The van der Waals surface area contributed by atoms with Crippen LogP contribution in [-0.4, -0.2) is 9.97 Å². The Morgan fingerprint density at radius 1 is 1.06 bits per heavy atom. The van der Waals surface area contributed by atoms with E-state index in [1.165, 1.54) is 6.33 Å². The molecule has 0 atom stereocenters. The quantitative estimate of drug-likeness (QED) is 0.636. The molecule has 3 nitrogen and oxygen atoms in total. The normalized spacial score (nSPS) is 10.8. The summed E-state index contributed by atoms with van der Waals surface area (Å²) in [5, 5.41) is 1.08. The first kappa shape index (κ1) is 9.54. The molecule has 2 heterocycles. The number of para-hydroxylation sites is 1. The monoisotopic (exact) mass is 274 g/mol. The van der Waals surface area contributed by atoms with Crippen LogP contribution >= 0.6 is 15.9 Å². The maximum absolute atomic E-state index is 5.70. The van der Waals surface area contributed by atoms with Gasteiger partial charge in [0.2, 0.25) is 0 Å². The van der Waals surface area contributed by atoms with Crippen LogP contribution in [0.25, 0.3) is 22.4 Å². The predicted molar refractivity (Wildman–Crippen MR) is 64.9 cm³/mol. The van der Waals surface area contributed by atoms with Crippen LogP contribution in [0.4, 0.5) is 0 Å². The van der Waals surface area contributed by atoms with Gasteiger partial charge in [-0.05, 0) is 28.1 Å². The van der Waals surface area contributed by atoms with Gasteiger partial charge in [0.1, 0.15) is 22.2 Å². The van der Waals surface area contributed by atoms with Crippen LogP contribution < -0.4 is 0 Å². The van der Waals surface area contributed by atoms with E-state index in [2.05, 4.69) is 25.9 Å². The van der Waals surface area contributed by atoms with Crippen LogP contribution in [0, 0.1) is 0 Å². The number of halogens is 1. The Balaban J connectivity index is 2.19. The maximum Gasteiger partial charge on any atom is 0.153 e. The zero-order chi connectivity index (χ0) is 11.0. The van der Waals surface area contributed by atoms with Crippen molar-refractivity contribution in [2.75, 3.05) is 0 Å². The highest BCUT2D eigenvalue weighted by Gasteiger charge is 2.07. The molecule has 16 heavy (non-hydrogen) atoms. The van der Waals surface area contributed by atoms with Crippen molar-refractivity contribution < 1.29 is 4.42 Å². The van der Waals surface area contributed by atoms with Gasteiger partial charge in [0.25, 0.3) is 0 Å². The van der Waals surface area contributed by atoms with Crippen molar-refractivity contribution in [1.82, 2.24) is 9.97 Å². The molecule has 0 saturated heterocycles. The van der Waals surface area contributed by atoms with Gasteiger partial charge < -0.3 is 4.42 Å². The van der Waals surface area contributed by atoms with Gasteiger partial charge in [-0.15, -0.1) is 0 Å². The van der Waals surface area contributed by atoms with Gasteiger partial charge in [-0.3, -0.25) is 0 Å². The average Bonchev–Trinajstić information content (AvgIpc) is 2.72. The zero-order valence-corrected chi connectivity index (χ0v) is 9.81. The van der Waals surface area contributed by atoms with E-state index < -0.39 is 0 Å². The highest BCUT2D eigenvalue weighted by atomic mass is 79.9. The number of furan rings is 1. The van der Waals surface area contributed by atoms with Crippen LogP contribution in [0.15, 0.2) is 51.7 Å². The summed E-state index contributed by atoms with van der Waals surface area (Å²) >= 11 is 3.31. The van der Waals surface area contributed by atoms with Crippen molar-refractivity contribution >= 4 is 26.9 Å². The summed E-state index contributed by atoms with van der Waals surface area (Å²) in [6, 6.07) is 11.7. The van der Waals surface area contributed by atoms with Crippen molar-refractivity contribution in [3.05, 3.63) is 47.3 Å². The predicted octanol–water partition coefficient (Wildman–Crippen LogP) is 3.65. The van der Waals surface area contributed by atoms with E-state index in [0.29, 0.717) is 0 Å². The number of hydrogen-bond donors (Lipinski definition) is 0. The summed E-state index contributed by atoms with van der Waals surface area (Å²) < 4.78 is 6.45. The van der Waals surface area contributed by atoms with Crippen molar-refractivity contribution in [2.45, 2.75) is 0 Å². The van der Waals surface area contributed by atoms with Gasteiger partial charge >= 0.3 is 0 Å².